The molecule has 1 unspecified atom stereocenters. The second kappa shape index (κ2) is 4.51. The number of aromatic nitrogens is 1. The molecule has 0 bridgehead atoms. The SMILES string of the molecule is CCC1CCCN1c1ccc(C(=N)N)cn1. The Morgan fingerprint density at radius 3 is 3.00 bits per heavy atom. The van der Waals surface area contributed by atoms with Crippen LogP contribution in [0.25, 0.3) is 0 Å². The minimum atomic E-state index is 0.0764. The molecule has 1 aliphatic rings. The molecule has 2 rings (SSSR count). The zero-order chi connectivity index (χ0) is 11.5. The maximum atomic E-state index is 7.32. The van der Waals surface area contributed by atoms with E-state index in [9.17, 15) is 0 Å². The van der Waals surface area contributed by atoms with E-state index < -0.39 is 0 Å². The first-order valence-electron chi connectivity index (χ1n) is 5.79. The molecule has 1 fully saturated rings. The molecule has 0 radical (unpaired) electrons. The van der Waals surface area contributed by atoms with E-state index >= 15 is 0 Å². The minimum Gasteiger partial charge on any atom is -0.384 e. The van der Waals surface area contributed by atoms with Gasteiger partial charge in [0, 0.05) is 24.3 Å². The molecule has 4 nitrogen and oxygen atoms in total. The lowest BCUT2D eigenvalue weighted by molar-refractivity contribution is 0.640. The number of hydrogen-bond acceptors (Lipinski definition) is 3. The fraction of sp³-hybridized carbons (Fsp3) is 0.500. The summed E-state index contributed by atoms with van der Waals surface area (Å²) < 4.78 is 0. The fourth-order valence-corrected chi connectivity index (χ4v) is 2.28. The standard InChI is InChI=1S/C12H18N4/c1-2-10-4-3-7-16(10)11-6-5-9(8-15-11)12(13)14/h5-6,8,10H,2-4,7H2,1H3,(H3,13,14). The molecule has 0 aromatic carbocycles. The van der Waals surface area contributed by atoms with Gasteiger partial charge in [0.2, 0.25) is 0 Å². The average molecular weight is 218 g/mol. The second-order valence-electron chi connectivity index (χ2n) is 4.22. The smallest absolute Gasteiger partial charge is 0.128 e. The molecule has 1 aliphatic heterocycles. The van der Waals surface area contributed by atoms with E-state index in [4.69, 9.17) is 11.1 Å². The number of nitrogens with two attached hydrogens (primary N) is 1. The lowest BCUT2D eigenvalue weighted by atomic mass is 10.1. The van der Waals surface area contributed by atoms with Crippen LogP contribution in [0.2, 0.25) is 0 Å². The molecule has 4 heteroatoms. The molecule has 86 valence electrons. The lowest BCUT2D eigenvalue weighted by Crippen LogP contribution is -2.29. The Bertz CT molecular complexity index is 371. The van der Waals surface area contributed by atoms with E-state index in [1.807, 2.05) is 12.1 Å². The highest BCUT2D eigenvalue weighted by Crippen LogP contribution is 2.25. The van der Waals surface area contributed by atoms with E-state index in [0.717, 1.165) is 18.8 Å². The third-order valence-corrected chi connectivity index (χ3v) is 3.20. The number of hydrogen-bond donors (Lipinski definition) is 2. The number of nitrogen functional groups attached to an aromatic ring is 1. The third-order valence-electron chi connectivity index (χ3n) is 3.20. The summed E-state index contributed by atoms with van der Waals surface area (Å²) in [6.07, 6.45) is 5.35. The minimum absolute atomic E-state index is 0.0764. The first kappa shape index (κ1) is 10.9. The molecule has 0 saturated carbocycles. The quantitative estimate of drug-likeness (QED) is 0.600. The summed E-state index contributed by atoms with van der Waals surface area (Å²) in [7, 11) is 0. The molecule has 0 amide bonds. The van der Waals surface area contributed by atoms with E-state index in [1.165, 1.54) is 12.8 Å². The zero-order valence-electron chi connectivity index (χ0n) is 9.61. The van der Waals surface area contributed by atoms with E-state index in [2.05, 4.69) is 16.8 Å². The second-order valence-corrected chi connectivity index (χ2v) is 4.22. The van der Waals surface area contributed by atoms with Gasteiger partial charge in [0.05, 0.1) is 0 Å². The average Bonchev–Trinajstić information content (AvgIpc) is 2.77. The Morgan fingerprint density at radius 2 is 2.44 bits per heavy atom. The van der Waals surface area contributed by atoms with Crippen molar-refractivity contribution in [2.45, 2.75) is 32.2 Å². The first-order valence-corrected chi connectivity index (χ1v) is 5.79. The lowest BCUT2D eigenvalue weighted by Gasteiger charge is -2.24. The summed E-state index contributed by atoms with van der Waals surface area (Å²) >= 11 is 0. The molecule has 1 aromatic rings. The molecule has 1 aromatic heterocycles. The van der Waals surface area contributed by atoms with Crippen molar-refractivity contribution in [1.29, 1.82) is 5.41 Å². The van der Waals surface area contributed by atoms with Gasteiger partial charge in [-0.15, -0.1) is 0 Å². The number of nitrogens with zero attached hydrogens (tertiary/aromatic N) is 2. The van der Waals surface area contributed by atoms with Gasteiger partial charge in [-0.1, -0.05) is 6.92 Å². The Hall–Kier alpha value is -1.58. The predicted molar refractivity (Wildman–Crippen MR) is 65.9 cm³/mol. The number of nitrogens with one attached hydrogen (secondary N) is 1. The first-order chi connectivity index (χ1) is 7.72. The monoisotopic (exact) mass is 218 g/mol. The zero-order valence-corrected chi connectivity index (χ0v) is 9.61. The number of rotatable bonds is 3. The molecule has 0 spiro atoms. The highest BCUT2D eigenvalue weighted by atomic mass is 15.2. The Kier molecular flexibility index (Phi) is 3.08. The molecule has 16 heavy (non-hydrogen) atoms. The van der Waals surface area contributed by atoms with Crippen molar-refractivity contribution in [1.82, 2.24) is 4.98 Å². The Labute approximate surface area is 96.0 Å². The van der Waals surface area contributed by atoms with Crippen molar-refractivity contribution >= 4 is 11.7 Å². The van der Waals surface area contributed by atoms with Gasteiger partial charge in [-0.3, -0.25) is 5.41 Å². The van der Waals surface area contributed by atoms with Crippen LogP contribution in [0.5, 0.6) is 0 Å². The topological polar surface area (TPSA) is 66.0 Å². The highest BCUT2D eigenvalue weighted by Gasteiger charge is 2.23. The molecule has 2 heterocycles. The molecule has 1 atom stereocenters. The Morgan fingerprint density at radius 1 is 1.62 bits per heavy atom. The van der Waals surface area contributed by atoms with Gasteiger partial charge >= 0.3 is 0 Å². The van der Waals surface area contributed by atoms with Gasteiger partial charge < -0.3 is 10.6 Å². The summed E-state index contributed by atoms with van der Waals surface area (Å²) in [5, 5.41) is 7.32. The summed E-state index contributed by atoms with van der Waals surface area (Å²) in [4.78, 5) is 6.74. The summed E-state index contributed by atoms with van der Waals surface area (Å²) in [5.41, 5.74) is 6.09. The van der Waals surface area contributed by atoms with Crippen LogP contribution in [0.3, 0.4) is 0 Å². The highest BCUT2D eigenvalue weighted by molar-refractivity contribution is 5.94. The summed E-state index contributed by atoms with van der Waals surface area (Å²) in [5.74, 6) is 1.09. The predicted octanol–water partition coefficient (Wildman–Crippen LogP) is 1.74. The number of pyridine rings is 1. The van der Waals surface area contributed by atoms with Crippen LogP contribution in [-0.4, -0.2) is 23.4 Å². The van der Waals surface area contributed by atoms with Gasteiger partial charge in [0.1, 0.15) is 11.7 Å². The molecular formula is C12H18N4. The van der Waals surface area contributed by atoms with Crippen LogP contribution in [-0.2, 0) is 0 Å². The van der Waals surface area contributed by atoms with Crippen LogP contribution in [0, 0.1) is 5.41 Å². The molecular weight excluding hydrogens is 200 g/mol. The molecule has 0 aliphatic carbocycles. The Balaban J connectivity index is 2.18. The fourth-order valence-electron chi connectivity index (χ4n) is 2.28. The van der Waals surface area contributed by atoms with Crippen molar-refractivity contribution in [2.75, 3.05) is 11.4 Å². The number of amidine groups is 1. The number of anilines is 1. The largest absolute Gasteiger partial charge is 0.384 e. The van der Waals surface area contributed by atoms with Crippen LogP contribution >= 0.6 is 0 Å². The van der Waals surface area contributed by atoms with Gasteiger partial charge in [-0.2, -0.15) is 0 Å². The van der Waals surface area contributed by atoms with Gasteiger partial charge in [0.15, 0.2) is 0 Å². The van der Waals surface area contributed by atoms with Crippen molar-refractivity contribution in [2.24, 2.45) is 5.73 Å². The maximum absolute atomic E-state index is 7.32. The van der Waals surface area contributed by atoms with Crippen LogP contribution in [0.4, 0.5) is 5.82 Å². The van der Waals surface area contributed by atoms with Gasteiger partial charge in [-0.05, 0) is 31.4 Å². The van der Waals surface area contributed by atoms with Crippen molar-refractivity contribution in [3.8, 4) is 0 Å². The summed E-state index contributed by atoms with van der Waals surface area (Å²) in [6.45, 7) is 3.30. The van der Waals surface area contributed by atoms with E-state index in [1.54, 1.807) is 6.20 Å². The van der Waals surface area contributed by atoms with Crippen molar-refractivity contribution in [3.63, 3.8) is 0 Å². The van der Waals surface area contributed by atoms with Crippen molar-refractivity contribution in [3.05, 3.63) is 23.9 Å². The van der Waals surface area contributed by atoms with Gasteiger partial charge in [0.25, 0.3) is 0 Å². The van der Waals surface area contributed by atoms with Crippen molar-refractivity contribution < 1.29 is 0 Å². The van der Waals surface area contributed by atoms with E-state index in [0.29, 0.717) is 11.6 Å². The molecule has 1 saturated heterocycles. The van der Waals surface area contributed by atoms with Crippen LogP contribution in [0.1, 0.15) is 31.7 Å². The molecule has 3 N–H and O–H groups in total. The van der Waals surface area contributed by atoms with E-state index in [-0.39, 0.29) is 5.84 Å². The third kappa shape index (κ3) is 2.01. The van der Waals surface area contributed by atoms with Crippen LogP contribution < -0.4 is 10.6 Å². The van der Waals surface area contributed by atoms with Gasteiger partial charge in [-0.25, -0.2) is 4.98 Å². The summed E-state index contributed by atoms with van der Waals surface area (Å²) in [6, 6.07) is 4.45. The normalized spacial score (nSPS) is 20.1. The maximum Gasteiger partial charge on any atom is 0.128 e. The van der Waals surface area contributed by atoms with Crippen LogP contribution in [0.15, 0.2) is 18.3 Å².